The number of alkyl halides is 3. The minimum atomic E-state index is -4.76. The molecular formula is C16H18F3NO4. The van der Waals surface area contributed by atoms with Crippen LogP contribution in [0.4, 0.5) is 13.2 Å². The van der Waals surface area contributed by atoms with Gasteiger partial charge in [-0.25, -0.2) is 0 Å². The van der Waals surface area contributed by atoms with Gasteiger partial charge in [-0.3, -0.25) is 9.59 Å². The Labute approximate surface area is 136 Å². The summed E-state index contributed by atoms with van der Waals surface area (Å²) in [6.07, 6.45) is -3.78. The first-order valence-electron chi connectivity index (χ1n) is 7.41. The second kappa shape index (κ2) is 6.33. The van der Waals surface area contributed by atoms with E-state index in [0.29, 0.717) is 18.4 Å². The predicted octanol–water partition coefficient (Wildman–Crippen LogP) is 3.05. The second-order valence-corrected chi connectivity index (χ2v) is 6.32. The van der Waals surface area contributed by atoms with Crippen LogP contribution < -0.4 is 10.1 Å². The molecule has 1 aliphatic carbocycles. The summed E-state index contributed by atoms with van der Waals surface area (Å²) < 4.78 is 40.3. The smallest absolute Gasteiger partial charge is 0.481 e. The van der Waals surface area contributed by atoms with Gasteiger partial charge in [-0.05, 0) is 44.4 Å². The Kier molecular flexibility index (Phi) is 4.77. The number of hydrogen-bond acceptors (Lipinski definition) is 3. The van der Waals surface area contributed by atoms with E-state index < -0.39 is 29.7 Å². The molecule has 24 heavy (non-hydrogen) atoms. The van der Waals surface area contributed by atoms with E-state index in [-0.39, 0.29) is 11.7 Å². The highest BCUT2D eigenvalue weighted by Crippen LogP contribution is 2.35. The molecule has 1 fully saturated rings. The van der Waals surface area contributed by atoms with Crippen molar-refractivity contribution >= 4 is 11.9 Å². The van der Waals surface area contributed by atoms with Gasteiger partial charge in [0.05, 0.1) is 17.4 Å². The first kappa shape index (κ1) is 18.1. The molecule has 0 heterocycles. The van der Waals surface area contributed by atoms with Crippen molar-refractivity contribution in [2.45, 2.75) is 38.6 Å². The third-order valence-corrected chi connectivity index (χ3v) is 4.17. The number of aliphatic carboxylic acids is 1. The molecule has 0 saturated heterocycles. The topological polar surface area (TPSA) is 75.6 Å². The van der Waals surface area contributed by atoms with Crippen molar-refractivity contribution in [2.75, 3.05) is 0 Å². The highest BCUT2D eigenvalue weighted by molar-refractivity contribution is 5.86. The Morgan fingerprint density at radius 2 is 1.67 bits per heavy atom. The van der Waals surface area contributed by atoms with Crippen LogP contribution in [0, 0.1) is 11.8 Å². The summed E-state index contributed by atoms with van der Waals surface area (Å²) in [5, 5.41) is 11.8. The van der Waals surface area contributed by atoms with Gasteiger partial charge in [0.25, 0.3) is 0 Å². The number of carboxylic acids is 1. The summed E-state index contributed by atoms with van der Waals surface area (Å²) in [5.41, 5.74) is -0.275. The van der Waals surface area contributed by atoms with Gasteiger partial charge in [-0.1, -0.05) is 12.1 Å². The third kappa shape index (κ3) is 4.18. The maximum Gasteiger partial charge on any atom is 0.573 e. The van der Waals surface area contributed by atoms with Crippen molar-refractivity contribution in [2.24, 2.45) is 11.8 Å². The van der Waals surface area contributed by atoms with Crippen LogP contribution in [0.5, 0.6) is 5.75 Å². The molecule has 0 radical (unpaired) electrons. The van der Waals surface area contributed by atoms with Gasteiger partial charge in [-0.15, -0.1) is 13.2 Å². The van der Waals surface area contributed by atoms with Gasteiger partial charge < -0.3 is 15.2 Å². The van der Waals surface area contributed by atoms with Crippen LogP contribution in [0.3, 0.4) is 0 Å². The molecule has 2 N–H and O–H groups in total. The van der Waals surface area contributed by atoms with Crippen LogP contribution in [-0.4, -0.2) is 23.3 Å². The number of nitrogens with one attached hydrogen (secondary N) is 1. The third-order valence-electron chi connectivity index (χ3n) is 4.17. The summed E-state index contributed by atoms with van der Waals surface area (Å²) in [7, 11) is 0. The number of carbonyl (C=O) groups is 2. The number of ether oxygens (including phenoxy) is 1. The largest absolute Gasteiger partial charge is 0.573 e. The molecule has 1 amide bonds. The van der Waals surface area contributed by atoms with Gasteiger partial charge in [0.2, 0.25) is 5.91 Å². The Balaban J connectivity index is 2.04. The lowest BCUT2D eigenvalue weighted by atomic mass is 9.72. The monoisotopic (exact) mass is 345 g/mol. The maximum atomic E-state index is 12.2. The van der Waals surface area contributed by atoms with Crippen LogP contribution in [0.25, 0.3) is 0 Å². The minimum Gasteiger partial charge on any atom is -0.481 e. The molecule has 0 spiro atoms. The number of amides is 1. The van der Waals surface area contributed by atoms with Gasteiger partial charge in [-0.2, -0.15) is 0 Å². The summed E-state index contributed by atoms with van der Waals surface area (Å²) in [4.78, 5) is 23.2. The fraction of sp³-hybridized carbons (Fsp3) is 0.500. The van der Waals surface area contributed by atoms with Gasteiger partial charge >= 0.3 is 12.3 Å². The molecule has 2 atom stereocenters. The number of rotatable bonds is 5. The first-order valence-corrected chi connectivity index (χ1v) is 7.41. The highest BCUT2D eigenvalue weighted by atomic mass is 19.4. The molecular weight excluding hydrogens is 327 g/mol. The van der Waals surface area contributed by atoms with E-state index in [0.717, 1.165) is 0 Å². The lowest BCUT2D eigenvalue weighted by Gasteiger charge is -2.36. The van der Waals surface area contributed by atoms with E-state index >= 15 is 0 Å². The predicted molar refractivity (Wildman–Crippen MR) is 78.1 cm³/mol. The normalized spacial score (nSPS) is 20.9. The van der Waals surface area contributed by atoms with E-state index in [1.807, 2.05) is 0 Å². The zero-order valence-corrected chi connectivity index (χ0v) is 13.2. The number of hydrogen-bond donors (Lipinski definition) is 2. The Morgan fingerprint density at radius 1 is 1.12 bits per heavy atom. The van der Waals surface area contributed by atoms with Crippen LogP contribution in [0.15, 0.2) is 24.3 Å². The van der Waals surface area contributed by atoms with E-state index in [4.69, 9.17) is 5.11 Å². The van der Waals surface area contributed by atoms with Crippen LogP contribution in [0.2, 0.25) is 0 Å². The Hall–Kier alpha value is -2.25. The van der Waals surface area contributed by atoms with Crippen molar-refractivity contribution in [3.05, 3.63) is 29.8 Å². The SMILES string of the molecule is CC(C)(NC(=O)C1CCC1C(=O)O)c1ccc(OC(F)(F)F)cc1. The molecule has 1 aromatic carbocycles. The van der Waals surface area contributed by atoms with Crippen LogP contribution >= 0.6 is 0 Å². The number of carbonyl (C=O) groups excluding carboxylic acids is 1. The zero-order chi connectivity index (χ0) is 18.1. The highest BCUT2D eigenvalue weighted by Gasteiger charge is 2.42. The van der Waals surface area contributed by atoms with Gasteiger partial charge in [0, 0.05) is 0 Å². The molecule has 1 aliphatic rings. The quantitative estimate of drug-likeness (QED) is 0.860. The van der Waals surface area contributed by atoms with Crippen molar-refractivity contribution < 1.29 is 32.6 Å². The van der Waals surface area contributed by atoms with Gasteiger partial charge in [0.15, 0.2) is 0 Å². The van der Waals surface area contributed by atoms with Crippen molar-refractivity contribution in [1.82, 2.24) is 5.32 Å². The Morgan fingerprint density at radius 3 is 2.08 bits per heavy atom. The molecule has 0 aliphatic heterocycles. The van der Waals surface area contributed by atoms with E-state index in [1.165, 1.54) is 24.3 Å². The molecule has 2 unspecified atom stereocenters. The summed E-state index contributed by atoms with van der Waals surface area (Å²) >= 11 is 0. The van der Waals surface area contributed by atoms with Crippen molar-refractivity contribution in [1.29, 1.82) is 0 Å². The summed E-state index contributed by atoms with van der Waals surface area (Å²) in [6, 6.07) is 5.19. The van der Waals surface area contributed by atoms with Crippen LogP contribution in [-0.2, 0) is 15.1 Å². The molecule has 1 aromatic rings. The average molecular weight is 345 g/mol. The molecule has 2 rings (SSSR count). The first-order chi connectivity index (χ1) is 11.0. The Bertz CT molecular complexity index is 625. The lowest BCUT2D eigenvalue weighted by Crippen LogP contribution is -2.49. The van der Waals surface area contributed by atoms with Crippen molar-refractivity contribution in [3.63, 3.8) is 0 Å². The van der Waals surface area contributed by atoms with E-state index in [1.54, 1.807) is 13.8 Å². The standard InChI is InChI=1S/C16H18F3NO4/c1-15(2,20-13(21)11-7-8-12(11)14(22)23)9-3-5-10(6-4-9)24-16(17,18)19/h3-6,11-12H,7-8H2,1-2H3,(H,20,21)(H,22,23). The molecule has 5 nitrogen and oxygen atoms in total. The summed E-state index contributed by atoms with van der Waals surface area (Å²) in [6.45, 7) is 3.39. The molecule has 1 saturated carbocycles. The van der Waals surface area contributed by atoms with Crippen LogP contribution in [0.1, 0.15) is 32.3 Å². The zero-order valence-electron chi connectivity index (χ0n) is 13.2. The molecule has 132 valence electrons. The molecule has 0 bridgehead atoms. The minimum absolute atomic E-state index is 0.349. The fourth-order valence-corrected chi connectivity index (χ4v) is 2.66. The fourth-order valence-electron chi connectivity index (χ4n) is 2.66. The lowest BCUT2D eigenvalue weighted by molar-refractivity contribution is -0.274. The van der Waals surface area contributed by atoms with E-state index in [2.05, 4.69) is 10.1 Å². The van der Waals surface area contributed by atoms with Gasteiger partial charge in [0.1, 0.15) is 5.75 Å². The number of carboxylic acid groups (broad SMARTS) is 1. The number of halogens is 3. The van der Waals surface area contributed by atoms with Crippen molar-refractivity contribution in [3.8, 4) is 5.75 Å². The second-order valence-electron chi connectivity index (χ2n) is 6.32. The molecule has 0 aromatic heterocycles. The maximum absolute atomic E-state index is 12.2. The number of benzene rings is 1. The van der Waals surface area contributed by atoms with E-state index in [9.17, 15) is 22.8 Å². The average Bonchev–Trinajstić information content (AvgIpc) is 2.34. The summed E-state index contributed by atoms with van der Waals surface area (Å²) in [5.74, 6) is -2.96. The molecule has 8 heteroatoms.